The van der Waals surface area contributed by atoms with Gasteiger partial charge in [-0.1, -0.05) is 0 Å². The molecular weight excluding hydrogens is 178 g/mol. The molecule has 0 aliphatic carbocycles. The van der Waals surface area contributed by atoms with E-state index in [1.165, 1.54) is 0 Å². The molecule has 0 bridgehead atoms. The van der Waals surface area contributed by atoms with E-state index in [1.54, 1.807) is 7.05 Å². The van der Waals surface area contributed by atoms with Crippen LogP contribution in [0.25, 0.3) is 0 Å². The molecule has 0 fully saturated rings. The first-order valence-corrected chi connectivity index (χ1v) is 4.40. The summed E-state index contributed by atoms with van der Waals surface area (Å²) >= 11 is 0. The molecule has 0 amide bonds. The summed E-state index contributed by atoms with van der Waals surface area (Å²) in [5, 5.41) is 16.7. The van der Waals surface area contributed by atoms with Crippen LogP contribution in [0.1, 0.15) is 5.56 Å². The van der Waals surface area contributed by atoms with Crippen molar-refractivity contribution < 1.29 is 5.11 Å². The zero-order chi connectivity index (χ0) is 10.6. The van der Waals surface area contributed by atoms with Gasteiger partial charge >= 0.3 is 0 Å². The van der Waals surface area contributed by atoms with Gasteiger partial charge < -0.3 is 10.0 Å². The van der Waals surface area contributed by atoms with Crippen LogP contribution in [0, 0.1) is 0 Å². The van der Waals surface area contributed by atoms with Crippen molar-refractivity contribution in [2.24, 2.45) is 10.2 Å². The van der Waals surface area contributed by atoms with E-state index in [-0.39, 0.29) is 6.61 Å². The third kappa shape index (κ3) is 2.29. The maximum atomic E-state index is 9.13. The highest BCUT2D eigenvalue weighted by Crippen LogP contribution is 2.24. The van der Waals surface area contributed by atoms with E-state index in [0.717, 1.165) is 16.9 Å². The van der Waals surface area contributed by atoms with E-state index in [9.17, 15) is 0 Å². The Balaban J connectivity index is 3.11. The largest absolute Gasteiger partial charge is 0.392 e. The van der Waals surface area contributed by atoms with E-state index in [1.807, 2.05) is 37.2 Å². The summed E-state index contributed by atoms with van der Waals surface area (Å²) in [6.07, 6.45) is 0. The normalized spacial score (nSPS) is 10.9. The molecule has 1 aromatic rings. The van der Waals surface area contributed by atoms with Crippen molar-refractivity contribution in [1.82, 2.24) is 0 Å². The molecule has 1 N–H and O–H groups in total. The molecule has 0 spiro atoms. The van der Waals surface area contributed by atoms with E-state index >= 15 is 0 Å². The molecule has 0 aromatic heterocycles. The SMILES string of the molecule is CN=Nc1ccc(N(C)C)cc1CO. The monoisotopic (exact) mass is 193 g/mol. The number of benzene rings is 1. The standard InChI is InChI=1S/C10H15N3O/c1-11-12-10-5-4-9(13(2)3)6-8(10)7-14/h4-6,14H,7H2,1-3H3. The van der Waals surface area contributed by atoms with Crippen LogP contribution in [0.4, 0.5) is 11.4 Å². The van der Waals surface area contributed by atoms with Crippen LogP contribution >= 0.6 is 0 Å². The molecule has 76 valence electrons. The predicted octanol–water partition coefficient (Wildman–Crippen LogP) is 1.96. The zero-order valence-electron chi connectivity index (χ0n) is 8.73. The van der Waals surface area contributed by atoms with Crippen molar-refractivity contribution in [3.05, 3.63) is 23.8 Å². The summed E-state index contributed by atoms with van der Waals surface area (Å²) in [6.45, 7) is -0.0178. The van der Waals surface area contributed by atoms with Crippen molar-refractivity contribution in [3.63, 3.8) is 0 Å². The second kappa shape index (κ2) is 4.72. The smallest absolute Gasteiger partial charge is 0.0909 e. The highest BCUT2D eigenvalue weighted by molar-refractivity contribution is 5.57. The average molecular weight is 193 g/mol. The van der Waals surface area contributed by atoms with Gasteiger partial charge in [0.05, 0.1) is 12.3 Å². The van der Waals surface area contributed by atoms with Crippen LogP contribution in [0.2, 0.25) is 0 Å². The molecule has 0 heterocycles. The molecule has 0 aliphatic rings. The fourth-order valence-electron chi connectivity index (χ4n) is 1.18. The van der Waals surface area contributed by atoms with Crippen LogP contribution in [-0.4, -0.2) is 26.2 Å². The summed E-state index contributed by atoms with van der Waals surface area (Å²) in [7, 11) is 5.52. The van der Waals surface area contributed by atoms with Gasteiger partial charge in [0.2, 0.25) is 0 Å². The second-order valence-electron chi connectivity index (χ2n) is 3.17. The molecule has 4 heteroatoms. The Morgan fingerprint density at radius 2 is 2.07 bits per heavy atom. The average Bonchev–Trinajstić information content (AvgIpc) is 2.18. The van der Waals surface area contributed by atoms with Gasteiger partial charge in [-0.3, -0.25) is 0 Å². The van der Waals surface area contributed by atoms with Gasteiger partial charge in [-0.15, -0.1) is 0 Å². The van der Waals surface area contributed by atoms with Gasteiger partial charge in [-0.05, 0) is 18.2 Å². The van der Waals surface area contributed by atoms with Gasteiger partial charge in [0.15, 0.2) is 0 Å². The molecule has 0 saturated heterocycles. The quantitative estimate of drug-likeness (QED) is 0.746. The van der Waals surface area contributed by atoms with E-state index in [4.69, 9.17) is 5.11 Å². The molecule has 0 atom stereocenters. The minimum atomic E-state index is -0.0178. The molecule has 14 heavy (non-hydrogen) atoms. The Kier molecular flexibility index (Phi) is 3.59. The zero-order valence-corrected chi connectivity index (χ0v) is 8.73. The number of aliphatic hydroxyl groups is 1. The third-order valence-corrected chi connectivity index (χ3v) is 1.96. The lowest BCUT2D eigenvalue weighted by Crippen LogP contribution is -2.08. The summed E-state index contributed by atoms with van der Waals surface area (Å²) in [5.74, 6) is 0. The number of hydrogen-bond donors (Lipinski definition) is 1. The second-order valence-corrected chi connectivity index (χ2v) is 3.17. The minimum Gasteiger partial charge on any atom is -0.392 e. The first-order valence-electron chi connectivity index (χ1n) is 4.40. The molecule has 0 unspecified atom stereocenters. The first kappa shape index (κ1) is 10.7. The number of rotatable bonds is 3. The van der Waals surface area contributed by atoms with Crippen LogP contribution < -0.4 is 4.90 Å². The highest BCUT2D eigenvalue weighted by atomic mass is 16.3. The Morgan fingerprint density at radius 3 is 2.57 bits per heavy atom. The molecule has 4 nitrogen and oxygen atoms in total. The maximum Gasteiger partial charge on any atom is 0.0909 e. The Hall–Kier alpha value is -1.42. The minimum absolute atomic E-state index is 0.0178. The fraction of sp³-hybridized carbons (Fsp3) is 0.400. The highest BCUT2D eigenvalue weighted by Gasteiger charge is 2.03. The molecule has 0 aliphatic heterocycles. The molecule has 0 radical (unpaired) electrons. The van der Waals surface area contributed by atoms with Crippen LogP contribution in [0.5, 0.6) is 0 Å². The number of azo groups is 1. The van der Waals surface area contributed by atoms with Gasteiger partial charge in [0.25, 0.3) is 0 Å². The van der Waals surface area contributed by atoms with E-state index in [0.29, 0.717) is 0 Å². The third-order valence-electron chi connectivity index (χ3n) is 1.96. The van der Waals surface area contributed by atoms with Crippen molar-refractivity contribution in [1.29, 1.82) is 0 Å². The Labute approximate surface area is 83.9 Å². The van der Waals surface area contributed by atoms with Crippen molar-refractivity contribution in [2.75, 3.05) is 26.0 Å². The van der Waals surface area contributed by atoms with Crippen molar-refractivity contribution >= 4 is 11.4 Å². The number of aliphatic hydroxyl groups excluding tert-OH is 1. The number of nitrogens with zero attached hydrogens (tertiary/aromatic N) is 3. The topological polar surface area (TPSA) is 48.2 Å². The fourth-order valence-corrected chi connectivity index (χ4v) is 1.18. The molecule has 1 rings (SSSR count). The number of hydrogen-bond acceptors (Lipinski definition) is 4. The van der Waals surface area contributed by atoms with Gasteiger partial charge in [-0.2, -0.15) is 10.2 Å². The van der Waals surface area contributed by atoms with Crippen molar-refractivity contribution in [3.8, 4) is 0 Å². The molecular formula is C10H15N3O. The Bertz CT molecular complexity index is 334. The lowest BCUT2D eigenvalue weighted by Gasteiger charge is -2.13. The van der Waals surface area contributed by atoms with Gasteiger partial charge in [0.1, 0.15) is 0 Å². The van der Waals surface area contributed by atoms with Crippen LogP contribution in [-0.2, 0) is 6.61 Å². The lowest BCUT2D eigenvalue weighted by atomic mass is 10.1. The number of anilines is 1. The van der Waals surface area contributed by atoms with Crippen molar-refractivity contribution in [2.45, 2.75) is 6.61 Å². The summed E-state index contributed by atoms with van der Waals surface area (Å²) in [4.78, 5) is 1.98. The summed E-state index contributed by atoms with van der Waals surface area (Å²) in [6, 6.07) is 5.71. The summed E-state index contributed by atoms with van der Waals surface area (Å²) in [5.41, 5.74) is 2.56. The van der Waals surface area contributed by atoms with E-state index in [2.05, 4.69) is 10.2 Å². The van der Waals surface area contributed by atoms with Crippen LogP contribution in [0.15, 0.2) is 28.4 Å². The molecule has 0 saturated carbocycles. The van der Waals surface area contributed by atoms with Gasteiger partial charge in [-0.25, -0.2) is 0 Å². The molecule has 1 aromatic carbocycles. The Morgan fingerprint density at radius 1 is 1.36 bits per heavy atom. The summed E-state index contributed by atoms with van der Waals surface area (Å²) < 4.78 is 0. The van der Waals surface area contributed by atoms with Gasteiger partial charge in [0, 0.05) is 32.4 Å². The lowest BCUT2D eigenvalue weighted by molar-refractivity contribution is 0.282. The predicted molar refractivity (Wildman–Crippen MR) is 57.1 cm³/mol. The first-order chi connectivity index (χ1) is 6.69. The van der Waals surface area contributed by atoms with Crippen LogP contribution in [0.3, 0.4) is 0 Å². The maximum absolute atomic E-state index is 9.13. The van der Waals surface area contributed by atoms with E-state index < -0.39 is 0 Å².